The molecule has 98 valence electrons. The van der Waals surface area contributed by atoms with Crippen LogP contribution in [-0.2, 0) is 0 Å². The summed E-state index contributed by atoms with van der Waals surface area (Å²) in [7, 11) is 0. The molecule has 0 aliphatic heterocycles. The van der Waals surface area contributed by atoms with Crippen LogP contribution in [0, 0.1) is 0 Å². The van der Waals surface area contributed by atoms with E-state index >= 15 is 0 Å². The summed E-state index contributed by atoms with van der Waals surface area (Å²) in [6, 6.07) is 7.55. The Balaban J connectivity index is 2.04. The molecule has 18 heavy (non-hydrogen) atoms. The number of nitrogens with one attached hydrogen (secondary N) is 1. The van der Waals surface area contributed by atoms with Crippen LogP contribution in [0.15, 0.2) is 28.7 Å². The predicted molar refractivity (Wildman–Crippen MR) is 78.1 cm³/mol. The molecule has 1 aromatic rings. The zero-order chi connectivity index (χ0) is 13.0. The van der Waals surface area contributed by atoms with Gasteiger partial charge in [-0.2, -0.15) is 0 Å². The fourth-order valence-electron chi connectivity index (χ4n) is 2.32. The van der Waals surface area contributed by atoms with Crippen molar-refractivity contribution in [2.24, 2.45) is 0 Å². The third-order valence-electron chi connectivity index (χ3n) is 3.37. The molecule has 2 nitrogen and oxygen atoms in total. The van der Waals surface area contributed by atoms with Crippen molar-refractivity contribution in [3.8, 4) is 0 Å². The largest absolute Gasteiger partial charge is 0.348 e. The van der Waals surface area contributed by atoms with Crippen LogP contribution in [-0.4, -0.2) is 17.3 Å². The normalized spacial score (nSPS) is 24.3. The summed E-state index contributed by atoms with van der Waals surface area (Å²) < 4.78 is 0.822. The van der Waals surface area contributed by atoms with Crippen LogP contribution in [0.2, 0.25) is 0 Å². The minimum atomic E-state index is -0.0416. The number of hydrogen-bond donors (Lipinski definition) is 1. The molecule has 1 aliphatic carbocycles. The van der Waals surface area contributed by atoms with Crippen LogP contribution in [0.25, 0.3) is 0 Å². The maximum Gasteiger partial charge on any atom is 0.252 e. The highest BCUT2D eigenvalue weighted by molar-refractivity contribution is 9.10. The molecule has 1 saturated carbocycles. The third kappa shape index (κ3) is 3.48. The molecule has 1 aliphatic rings. The molecule has 4 heteroatoms. The van der Waals surface area contributed by atoms with Gasteiger partial charge in [-0.05, 0) is 40.9 Å². The van der Waals surface area contributed by atoms with Gasteiger partial charge in [0.15, 0.2) is 0 Å². The first-order chi connectivity index (χ1) is 8.68. The van der Waals surface area contributed by atoms with E-state index in [4.69, 9.17) is 11.6 Å². The van der Waals surface area contributed by atoms with Gasteiger partial charge in [-0.3, -0.25) is 4.79 Å². The highest BCUT2D eigenvalue weighted by Crippen LogP contribution is 2.23. The molecule has 1 amide bonds. The first-order valence-electron chi connectivity index (χ1n) is 6.38. The van der Waals surface area contributed by atoms with E-state index in [1.807, 2.05) is 24.3 Å². The minimum Gasteiger partial charge on any atom is -0.348 e. The number of benzene rings is 1. The Morgan fingerprint density at radius 3 is 2.72 bits per heavy atom. The highest BCUT2D eigenvalue weighted by Gasteiger charge is 2.24. The highest BCUT2D eigenvalue weighted by atomic mass is 79.9. The van der Waals surface area contributed by atoms with Crippen molar-refractivity contribution in [1.82, 2.24) is 5.32 Å². The van der Waals surface area contributed by atoms with Gasteiger partial charge in [-0.25, -0.2) is 0 Å². The number of halogens is 2. The Morgan fingerprint density at radius 1 is 1.22 bits per heavy atom. The molecule has 1 N–H and O–H groups in total. The number of amides is 1. The van der Waals surface area contributed by atoms with E-state index in [0.717, 1.165) is 30.2 Å². The summed E-state index contributed by atoms with van der Waals surface area (Å²) in [6.07, 6.45) is 5.48. The van der Waals surface area contributed by atoms with Crippen molar-refractivity contribution in [1.29, 1.82) is 0 Å². The molecule has 0 spiro atoms. The van der Waals surface area contributed by atoms with E-state index in [1.54, 1.807) is 0 Å². The van der Waals surface area contributed by atoms with E-state index in [1.165, 1.54) is 6.42 Å². The second-order valence-electron chi connectivity index (χ2n) is 4.71. The maximum absolute atomic E-state index is 12.2. The standard InChI is InChI=1S/C14H17BrClNO/c15-11-7-5-4-6-10(11)14(18)17-13-9-3-1-2-8-12(13)16/h4-7,12-13H,1-3,8-9H2,(H,17,18). The number of alkyl halides is 1. The SMILES string of the molecule is O=C(NC1CCCCCC1Cl)c1ccccc1Br. The van der Waals surface area contributed by atoms with Gasteiger partial charge in [0.2, 0.25) is 0 Å². The maximum atomic E-state index is 12.2. The van der Waals surface area contributed by atoms with Crippen molar-refractivity contribution in [3.05, 3.63) is 34.3 Å². The van der Waals surface area contributed by atoms with Gasteiger partial charge < -0.3 is 5.32 Å². The van der Waals surface area contributed by atoms with E-state index in [-0.39, 0.29) is 17.3 Å². The zero-order valence-corrected chi connectivity index (χ0v) is 12.5. The summed E-state index contributed by atoms with van der Waals surface area (Å²) in [6.45, 7) is 0. The van der Waals surface area contributed by atoms with Crippen LogP contribution in [0.3, 0.4) is 0 Å². The van der Waals surface area contributed by atoms with E-state index in [2.05, 4.69) is 21.2 Å². The Morgan fingerprint density at radius 2 is 1.94 bits per heavy atom. The molecule has 0 radical (unpaired) electrons. The molecule has 1 fully saturated rings. The Labute approximate surface area is 121 Å². The summed E-state index contributed by atoms with van der Waals surface area (Å²) in [5.74, 6) is -0.0416. The molecular formula is C14H17BrClNO. The fraction of sp³-hybridized carbons (Fsp3) is 0.500. The molecule has 2 rings (SSSR count). The lowest BCUT2D eigenvalue weighted by atomic mass is 10.1. The van der Waals surface area contributed by atoms with Crippen molar-refractivity contribution >= 4 is 33.4 Å². The summed E-state index contributed by atoms with van der Waals surface area (Å²) in [4.78, 5) is 12.2. The van der Waals surface area contributed by atoms with Gasteiger partial charge in [-0.15, -0.1) is 11.6 Å². The van der Waals surface area contributed by atoms with Crippen molar-refractivity contribution in [3.63, 3.8) is 0 Å². The molecule has 1 aromatic carbocycles. The Kier molecular flexibility index (Phi) is 5.07. The molecule has 0 aromatic heterocycles. The zero-order valence-electron chi connectivity index (χ0n) is 10.2. The minimum absolute atomic E-state index is 0.0416. The average Bonchev–Trinajstić information content (AvgIpc) is 2.55. The van der Waals surface area contributed by atoms with Crippen LogP contribution in [0.4, 0.5) is 0 Å². The molecule has 0 saturated heterocycles. The van der Waals surface area contributed by atoms with Crippen LogP contribution in [0.5, 0.6) is 0 Å². The smallest absolute Gasteiger partial charge is 0.252 e. The van der Waals surface area contributed by atoms with Gasteiger partial charge in [0.05, 0.1) is 10.9 Å². The average molecular weight is 331 g/mol. The number of carbonyl (C=O) groups excluding carboxylic acids is 1. The van der Waals surface area contributed by atoms with Crippen molar-refractivity contribution in [2.75, 3.05) is 0 Å². The summed E-state index contributed by atoms with van der Waals surface area (Å²) in [5.41, 5.74) is 0.672. The van der Waals surface area contributed by atoms with Crippen molar-refractivity contribution < 1.29 is 4.79 Å². The summed E-state index contributed by atoms with van der Waals surface area (Å²) in [5, 5.41) is 3.12. The Hall–Kier alpha value is -0.540. The van der Waals surface area contributed by atoms with Crippen LogP contribution in [0.1, 0.15) is 42.5 Å². The first kappa shape index (κ1) is 13.9. The van der Waals surface area contributed by atoms with E-state index in [9.17, 15) is 4.79 Å². The van der Waals surface area contributed by atoms with Gasteiger partial charge in [-0.1, -0.05) is 31.4 Å². The molecular weight excluding hydrogens is 314 g/mol. The lowest BCUT2D eigenvalue weighted by Crippen LogP contribution is -2.40. The second kappa shape index (κ2) is 6.58. The first-order valence-corrected chi connectivity index (χ1v) is 7.61. The molecule has 2 atom stereocenters. The number of hydrogen-bond acceptors (Lipinski definition) is 1. The van der Waals surface area contributed by atoms with Gasteiger partial charge >= 0.3 is 0 Å². The Bertz CT molecular complexity index is 424. The van der Waals surface area contributed by atoms with Crippen LogP contribution >= 0.6 is 27.5 Å². The van der Waals surface area contributed by atoms with Gasteiger partial charge in [0.1, 0.15) is 0 Å². The fourth-order valence-corrected chi connectivity index (χ4v) is 3.12. The number of carbonyl (C=O) groups is 1. The van der Waals surface area contributed by atoms with Crippen LogP contribution < -0.4 is 5.32 Å². The monoisotopic (exact) mass is 329 g/mol. The number of rotatable bonds is 2. The van der Waals surface area contributed by atoms with Crippen molar-refractivity contribution in [2.45, 2.75) is 43.5 Å². The van der Waals surface area contributed by atoms with Gasteiger partial charge in [0, 0.05) is 10.5 Å². The quantitative estimate of drug-likeness (QED) is 0.641. The summed E-state index contributed by atoms with van der Waals surface area (Å²) >= 11 is 9.73. The van der Waals surface area contributed by atoms with E-state index < -0.39 is 0 Å². The molecule has 0 heterocycles. The predicted octanol–water partition coefficient (Wildman–Crippen LogP) is 4.12. The second-order valence-corrected chi connectivity index (χ2v) is 6.13. The lowest BCUT2D eigenvalue weighted by Gasteiger charge is -2.21. The van der Waals surface area contributed by atoms with E-state index in [0.29, 0.717) is 5.56 Å². The third-order valence-corrected chi connectivity index (χ3v) is 4.58. The lowest BCUT2D eigenvalue weighted by molar-refractivity contribution is 0.0933. The van der Waals surface area contributed by atoms with Gasteiger partial charge in [0.25, 0.3) is 5.91 Å². The topological polar surface area (TPSA) is 29.1 Å². The molecule has 2 unspecified atom stereocenters. The molecule has 0 bridgehead atoms.